The summed E-state index contributed by atoms with van der Waals surface area (Å²) in [6.45, 7) is 7.61. The van der Waals surface area contributed by atoms with E-state index in [1.807, 2.05) is 43.3 Å². The van der Waals surface area contributed by atoms with Crippen LogP contribution in [0.3, 0.4) is 0 Å². The molecule has 1 aliphatic heterocycles. The molecule has 0 radical (unpaired) electrons. The zero-order valence-corrected chi connectivity index (χ0v) is 16.8. The second-order valence-corrected chi connectivity index (χ2v) is 7.67. The number of nitrogens with zero attached hydrogens (tertiary/aromatic N) is 1. The number of Topliss-reactive ketones (excluding diaryl/α,β-unsaturated/α-hetero) is 1. The van der Waals surface area contributed by atoms with Gasteiger partial charge in [-0.15, -0.1) is 0 Å². The van der Waals surface area contributed by atoms with Gasteiger partial charge in [-0.25, -0.2) is 4.79 Å². The minimum Gasteiger partial charge on any atom is -0.319 e. The molecule has 5 heteroatoms. The van der Waals surface area contributed by atoms with Crippen molar-refractivity contribution in [2.45, 2.75) is 45.6 Å². The second-order valence-electron chi connectivity index (χ2n) is 7.67. The smallest absolute Gasteiger partial charge is 0.319 e. The molecule has 0 bridgehead atoms. The van der Waals surface area contributed by atoms with Gasteiger partial charge in [0.1, 0.15) is 5.54 Å². The molecule has 28 heavy (non-hydrogen) atoms. The highest BCUT2D eigenvalue weighted by molar-refractivity contribution is 6.11. The van der Waals surface area contributed by atoms with Crippen molar-refractivity contribution >= 4 is 17.7 Å². The Kier molecular flexibility index (Phi) is 5.36. The molecule has 2 aromatic carbocycles. The Morgan fingerprint density at radius 2 is 1.68 bits per heavy atom. The molecule has 3 rings (SSSR count). The van der Waals surface area contributed by atoms with Gasteiger partial charge in [-0.3, -0.25) is 14.5 Å². The summed E-state index contributed by atoms with van der Waals surface area (Å²) in [5.74, 6) is -0.247. The maximum Gasteiger partial charge on any atom is 0.325 e. The molecule has 2 aromatic rings. The van der Waals surface area contributed by atoms with Gasteiger partial charge >= 0.3 is 6.03 Å². The third kappa shape index (κ3) is 3.57. The first-order valence-electron chi connectivity index (χ1n) is 9.60. The lowest BCUT2D eigenvalue weighted by Crippen LogP contribution is -2.41. The van der Waals surface area contributed by atoms with Crippen LogP contribution in [0, 0.1) is 6.92 Å². The molecule has 1 fully saturated rings. The summed E-state index contributed by atoms with van der Waals surface area (Å²) < 4.78 is 0. The van der Waals surface area contributed by atoms with Gasteiger partial charge in [-0.2, -0.15) is 0 Å². The highest BCUT2D eigenvalue weighted by atomic mass is 16.2. The summed E-state index contributed by atoms with van der Waals surface area (Å²) >= 11 is 0. The zero-order chi connectivity index (χ0) is 20.5. The van der Waals surface area contributed by atoms with E-state index in [9.17, 15) is 14.4 Å². The summed E-state index contributed by atoms with van der Waals surface area (Å²) in [7, 11) is 0. The predicted molar refractivity (Wildman–Crippen MR) is 108 cm³/mol. The van der Waals surface area contributed by atoms with E-state index < -0.39 is 17.5 Å². The van der Waals surface area contributed by atoms with E-state index in [4.69, 9.17) is 0 Å². The molecular formula is C23H26N2O3. The molecule has 146 valence electrons. The second kappa shape index (κ2) is 7.58. The van der Waals surface area contributed by atoms with Crippen LogP contribution >= 0.6 is 0 Å². The topological polar surface area (TPSA) is 66.5 Å². The molecule has 1 aliphatic rings. The van der Waals surface area contributed by atoms with Gasteiger partial charge in [0.25, 0.3) is 5.91 Å². The van der Waals surface area contributed by atoms with Gasteiger partial charge in [-0.1, -0.05) is 67.9 Å². The first kappa shape index (κ1) is 19.8. The number of nitrogens with one attached hydrogen (secondary N) is 1. The van der Waals surface area contributed by atoms with E-state index in [-0.39, 0.29) is 12.3 Å². The standard InChI is InChI=1S/C23H26N2O3/c1-5-16(3)17-8-10-18(11-9-17)20(26)14-25-21(27)23(4,24-22(25)28)19-12-6-15(2)7-13-19/h6-13,16H,5,14H2,1-4H3,(H,24,28)/t16-,23-/m0/s1. The van der Waals surface area contributed by atoms with E-state index in [1.54, 1.807) is 19.1 Å². The Morgan fingerprint density at radius 1 is 1.07 bits per heavy atom. The first-order valence-corrected chi connectivity index (χ1v) is 9.60. The molecule has 1 N–H and O–H groups in total. The quantitative estimate of drug-likeness (QED) is 0.606. The van der Waals surface area contributed by atoms with Crippen molar-refractivity contribution in [3.05, 3.63) is 70.8 Å². The summed E-state index contributed by atoms with van der Waals surface area (Å²) in [4.78, 5) is 39.1. The summed E-state index contributed by atoms with van der Waals surface area (Å²) in [5.41, 5.74) is 2.27. The number of imide groups is 1. The number of rotatable bonds is 6. The van der Waals surface area contributed by atoms with Crippen LogP contribution in [0.5, 0.6) is 0 Å². The SMILES string of the molecule is CC[C@H](C)c1ccc(C(=O)CN2C(=O)N[C@@](C)(c3ccc(C)cc3)C2=O)cc1. The van der Waals surface area contributed by atoms with Crippen LogP contribution in [0.25, 0.3) is 0 Å². The van der Waals surface area contributed by atoms with Crippen molar-refractivity contribution in [3.8, 4) is 0 Å². The number of hydrogen-bond donors (Lipinski definition) is 1. The zero-order valence-electron chi connectivity index (χ0n) is 16.8. The number of ketones is 1. The lowest BCUT2D eigenvalue weighted by atomic mass is 9.91. The molecule has 2 atom stereocenters. The van der Waals surface area contributed by atoms with Crippen LogP contribution in [0.2, 0.25) is 0 Å². The maximum absolute atomic E-state index is 13.0. The normalized spacial score (nSPS) is 20.2. The predicted octanol–water partition coefficient (Wildman–Crippen LogP) is 4.16. The van der Waals surface area contributed by atoms with Crippen molar-refractivity contribution in [1.82, 2.24) is 10.2 Å². The number of hydrogen-bond acceptors (Lipinski definition) is 3. The van der Waals surface area contributed by atoms with Crippen LogP contribution in [-0.2, 0) is 10.3 Å². The summed E-state index contributed by atoms with van der Waals surface area (Å²) in [6, 6.07) is 14.3. The van der Waals surface area contributed by atoms with E-state index in [2.05, 4.69) is 19.2 Å². The van der Waals surface area contributed by atoms with Crippen molar-refractivity contribution in [3.63, 3.8) is 0 Å². The van der Waals surface area contributed by atoms with Gasteiger partial charge in [0.15, 0.2) is 5.78 Å². The largest absolute Gasteiger partial charge is 0.325 e. The Bertz CT molecular complexity index is 902. The minimum atomic E-state index is -1.16. The highest BCUT2D eigenvalue weighted by Crippen LogP contribution is 2.29. The summed E-state index contributed by atoms with van der Waals surface area (Å²) in [5, 5.41) is 2.74. The van der Waals surface area contributed by atoms with Crippen molar-refractivity contribution in [1.29, 1.82) is 0 Å². The number of amides is 3. The van der Waals surface area contributed by atoms with Gasteiger partial charge in [0.05, 0.1) is 6.54 Å². The van der Waals surface area contributed by atoms with Gasteiger partial charge in [0, 0.05) is 5.56 Å². The number of urea groups is 1. The monoisotopic (exact) mass is 378 g/mol. The number of carbonyl (C=O) groups is 3. The van der Waals surface area contributed by atoms with Gasteiger partial charge in [0.2, 0.25) is 0 Å². The van der Waals surface area contributed by atoms with E-state index in [1.165, 1.54) is 5.56 Å². The highest BCUT2D eigenvalue weighted by Gasteiger charge is 2.49. The van der Waals surface area contributed by atoms with Crippen LogP contribution < -0.4 is 5.32 Å². The third-order valence-electron chi connectivity index (χ3n) is 5.62. The Hall–Kier alpha value is -2.95. The average Bonchev–Trinajstić information content (AvgIpc) is 2.91. The maximum atomic E-state index is 13.0. The first-order chi connectivity index (χ1) is 13.3. The molecular weight excluding hydrogens is 352 g/mol. The molecule has 0 saturated carbocycles. The van der Waals surface area contributed by atoms with E-state index in [0.717, 1.165) is 16.9 Å². The Labute approximate surface area is 165 Å². The van der Waals surface area contributed by atoms with Gasteiger partial charge in [-0.05, 0) is 37.3 Å². The average molecular weight is 378 g/mol. The fourth-order valence-electron chi connectivity index (χ4n) is 3.39. The van der Waals surface area contributed by atoms with Crippen molar-refractivity contribution in [2.24, 2.45) is 0 Å². The Balaban J connectivity index is 1.77. The molecule has 1 saturated heterocycles. The fraction of sp³-hybridized carbons (Fsp3) is 0.348. The molecule has 0 aromatic heterocycles. The number of aryl methyl sites for hydroxylation is 1. The molecule has 0 spiro atoms. The lowest BCUT2D eigenvalue weighted by molar-refractivity contribution is -0.130. The molecule has 0 unspecified atom stereocenters. The van der Waals surface area contributed by atoms with Crippen LogP contribution in [-0.4, -0.2) is 29.2 Å². The van der Waals surface area contributed by atoms with Crippen LogP contribution in [0.1, 0.15) is 60.2 Å². The third-order valence-corrected chi connectivity index (χ3v) is 5.62. The molecule has 0 aliphatic carbocycles. The molecule has 3 amide bonds. The van der Waals surface area contributed by atoms with Crippen molar-refractivity contribution in [2.75, 3.05) is 6.54 Å². The summed E-state index contributed by atoms with van der Waals surface area (Å²) in [6.07, 6.45) is 1.02. The Morgan fingerprint density at radius 3 is 2.25 bits per heavy atom. The fourth-order valence-corrected chi connectivity index (χ4v) is 3.39. The van der Waals surface area contributed by atoms with Crippen LogP contribution in [0.4, 0.5) is 4.79 Å². The lowest BCUT2D eigenvalue weighted by Gasteiger charge is -2.22. The molecule has 1 heterocycles. The molecule has 5 nitrogen and oxygen atoms in total. The van der Waals surface area contributed by atoms with Crippen LogP contribution in [0.15, 0.2) is 48.5 Å². The van der Waals surface area contributed by atoms with E-state index >= 15 is 0 Å². The van der Waals surface area contributed by atoms with Crippen molar-refractivity contribution < 1.29 is 14.4 Å². The minimum absolute atomic E-state index is 0.257. The number of benzene rings is 2. The van der Waals surface area contributed by atoms with E-state index in [0.29, 0.717) is 17.0 Å². The number of carbonyl (C=O) groups excluding carboxylic acids is 3. The van der Waals surface area contributed by atoms with Gasteiger partial charge < -0.3 is 5.32 Å².